The van der Waals surface area contributed by atoms with Crippen LogP contribution in [0.4, 0.5) is 0 Å². The van der Waals surface area contributed by atoms with Crippen molar-refractivity contribution in [2.45, 2.75) is 24.8 Å². The highest BCUT2D eigenvalue weighted by Crippen LogP contribution is 2.25. The first-order valence-electron chi connectivity index (χ1n) is 9.76. The number of nitrogens with one attached hydrogen (secondary N) is 1. The van der Waals surface area contributed by atoms with Crippen LogP contribution in [0.2, 0.25) is 5.02 Å². The quantitative estimate of drug-likeness (QED) is 0.722. The molecule has 2 aliphatic heterocycles. The van der Waals surface area contributed by atoms with Crippen molar-refractivity contribution in [3.63, 3.8) is 0 Å². The van der Waals surface area contributed by atoms with Gasteiger partial charge in [0.2, 0.25) is 21.8 Å². The van der Waals surface area contributed by atoms with Crippen LogP contribution in [0.15, 0.2) is 29.2 Å². The van der Waals surface area contributed by atoms with Crippen LogP contribution >= 0.6 is 11.6 Å². The zero-order chi connectivity index (χ0) is 21.2. The van der Waals surface area contributed by atoms with Gasteiger partial charge in [-0.2, -0.15) is 4.31 Å². The highest BCUT2D eigenvalue weighted by molar-refractivity contribution is 7.89. The third kappa shape index (κ3) is 4.74. The van der Waals surface area contributed by atoms with Gasteiger partial charge in [0.05, 0.1) is 17.6 Å². The summed E-state index contributed by atoms with van der Waals surface area (Å²) in [5.74, 6) is -0.0319. The number of carbonyl (C=O) groups excluding carboxylic acids is 2. The smallest absolute Gasteiger partial charge is 0.244 e. The Labute approximate surface area is 176 Å². The lowest BCUT2D eigenvalue weighted by Crippen LogP contribution is -2.60. The third-order valence-corrected chi connectivity index (χ3v) is 7.77. The molecular weight excluding hydrogens is 416 g/mol. The summed E-state index contributed by atoms with van der Waals surface area (Å²) in [6.45, 7) is 6.30. The molecule has 2 aliphatic rings. The summed E-state index contributed by atoms with van der Waals surface area (Å²) in [4.78, 5) is 28.6. The minimum absolute atomic E-state index is 0.0466. The monoisotopic (exact) mass is 442 g/mol. The molecular formula is C19H27ClN4O4S. The molecule has 0 radical (unpaired) electrons. The van der Waals surface area contributed by atoms with Crippen LogP contribution in [0.5, 0.6) is 0 Å². The van der Waals surface area contributed by atoms with Gasteiger partial charge >= 0.3 is 0 Å². The van der Waals surface area contributed by atoms with E-state index in [2.05, 4.69) is 5.32 Å². The Morgan fingerprint density at radius 1 is 1.17 bits per heavy atom. The second kappa shape index (κ2) is 8.99. The summed E-state index contributed by atoms with van der Waals surface area (Å²) in [6, 6.07) is 6.04. The maximum Gasteiger partial charge on any atom is 0.244 e. The van der Waals surface area contributed by atoms with Crippen LogP contribution < -0.4 is 5.32 Å². The minimum atomic E-state index is -3.70. The predicted molar refractivity (Wildman–Crippen MR) is 110 cm³/mol. The summed E-state index contributed by atoms with van der Waals surface area (Å²) in [5.41, 5.74) is 0. The Kier molecular flexibility index (Phi) is 6.83. The maximum atomic E-state index is 12.8. The number of sulfonamides is 1. The van der Waals surface area contributed by atoms with E-state index in [1.165, 1.54) is 10.4 Å². The average Bonchev–Trinajstić information content (AvgIpc) is 2.68. The Hall–Kier alpha value is -1.68. The maximum absolute atomic E-state index is 12.8. The van der Waals surface area contributed by atoms with Crippen LogP contribution in [0, 0.1) is 5.92 Å². The minimum Gasteiger partial charge on any atom is -0.353 e. The van der Waals surface area contributed by atoms with Gasteiger partial charge in [-0.05, 0) is 18.1 Å². The third-order valence-electron chi connectivity index (χ3n) is 5.38. The van der Waals surface area contributed by atoms with Crippen LogP contribution in [0.25, 0.3) is 0 Å². The Morgan fingerprint density at radius 3 is 2.45 bits per heavy atom. The molecule has 0 aromatic heterocycles. The molecule has 2 saturated heterocycles. The summed E-state index contributed by atoms with van der Waals surface area (Å²) < 4.78 is 27.0. The number of amides is 2. The molecule has 0 aliphatic carbocycles. The van der Waals surface area contributed by atoms with Crippen LogP contribution in [0.1, 0.15) is 13.8 Å². The molecule has 160 valence electrons. The second-order valence-corrected chi connectivity index (χ2v) is 9.98. The second-order valence-electron chi connectivity index (χ2n) is 7.67. The Morgan fingerprint density at radius 2 is 1.83 bits per heavy atom. The van der Waals surface area contributed by atoms with E-state index >= 15 is 0 Å². The number of carbonyl (C=O) groups is 2. The molecule has 2 fully saturated rings. The zero-order valence-electron chi connectivity index (χ0n) is 16.7. The van der Waals surface area contributed by atoms with E-state index in [1.54, 1.807) is 23.1 Å². The van der Waals surface area contributed by atoms with Gasteiger partial charge in [-0.25, -0.2) is 8.42 Å². The van der Waals surface area contributed by atoms with Crippen molar-refractivity contribution in [3.8, 4) is 0 Å². The molecule has 29 heavy (non-hydrogen) atoms. The summed E-state index contributed by atoms with van der Waals surface area (Å²) in [7, 11) is -3.70. The Balaban J connectivity index is 1.61. The fraction of sp³-hybridized carbons (Fsp3) is 0.579. The van der Waals surface area contributed by atoms with Gasteiger partial charge in [0.15, 0.2) is 0 Å². The molecule has 1 atom stereocenters. The van der Waals surface area contributed by atoms with Gasteiger partial charge < -0.3 is 10.2 Å². The van der Waals surface area contributed by atoms with Gasteiger partial charge in [0.1, 0.15) is 4.90 Å². The molecule has 1 N–H and O–H groups in total. The lowest BCUT2D eigenvalue weighted by Gasteiger charge is -2.39. The molecule has 1 aromatic rings. The first-order chi connectivity index (χ1) is 13.7. The van der Waals surface area contributed by atoms with Crippen molar-refractivity contribution in [3.05, 3.63) is 29.3 Å². The topological polar surface area (TPSA) is 90.0 Å². The molecule has 1 unspecified atom stereocenters. The van der Waals surface area contributed by atoms with Crippen LogP contribution in [0.3, 0.4) is 0 Å². The summed E-state index contributed by atoms with van der Waals surface area (Å²) in [5, 5.41) is 3.04. The highest BCUT2D eigenvalue weighted by Gasteiger charge is 2.35. The van der Waals surface area contributed by atoms with Gasteiger partial charge in [0.25, 0.3) is 0 Å². The first kappa shape index (κ1) is 22.0. The molecule has 1 aromatic carbocycles. The van der Waals surface area contributed by atoms with Crippen molar-refractivity contribution in [2.75, 3.05) is 45.8 Å². The number of halogens is 1. The summed E-state index contributed by atoms with van der Waals surface area (Å²) >= 11 is 6.06. The Bertz CT molecular complexity index is 869. The van der Waals surface area contributed by atoms with E-state index in [9.17, 15) is 18.0 Å². The van der Waals surface area contributed by atoms with Crippen molar-refractivity contribution in [1.82, 2.24) is 19.4 Å². The molecule has 2 heterocycles. The predicted octanol–water partition coefficient (Wildman–Crippen LogP) is 0.629. The largest absolute Gasteiger partial charge is 0.353 e. The number of hydrogen-bond acceptors (Lipinski definition) is 5. The lowest BCUT2D eigenvalue weighted by molar-refractivity contribution is -0.138. The van der Waals surface area contributed by atoms with Crippen LogP contribution in [-0.2, 0) is 19.6 Å². The van der Waals surface area contributed by atoms with Crippen molar-refractivity contribution in [1.29, 1.82) is 0 Å². The highest BCUT2D eigenvalue weighted by atomic mass is 35.5. The summed E-state index contributed by atoms with van der Waals surface area (Å²) in [6.07, 6.45) is 0. The fourth-order valence-corrected chi connectivity index (χ4v) is 5.79. The molecule has 3 rings (SSSR count). The van der Waals surface area contributed by atoms with E-state index in [-0.39, 0.29) is 53.3 Å². The van der Waals surface area contributed by atoms with E-state index in [4.69, 9.17) is 11.6 Å². The molecule has 8 nitrogen and oxygen atoms in total. The molecule has 0 bridgehead atoms. The molecule has 0 spiro atoms. The van der Waals surface area contributed by atoms with Gasteiger partial charge in [-0.15, -0.1) is 0 Å². The van der Waals surface area contributed by atoms with Gasteiger partial charge in [-0.1, -0.05) is 37.6 Å². The van der Waals surface area contributed by atoms with Crippen molar-refractivity contribution < 1.29 is 18.0 Å². The van der Waals surface area contributed by atoms with E-state index in [1.807, 2.05) is 18.7 Å². The van der Waals surface area contributed by atoms with Gasteiger partial charge in [0, 0.05) is 39.3 Å². The number of piperazine rings is 2. The van der Waals surface area contributed by atoms with E-state index in [0.29, 0.717) is 26.2 Å². The normalized spacial score (nSPS) is 22.0. The number of benzene rings is 1. The van der Waals surface area contributed by atoms with E-state index in [0.717, 1.165) is 0 Å². The SMILES string of the molecule is CC(C)C1C(=O)NCCN1CC(=O)N1CCN(S(=O)(=O)c2ccccc2Cl)CC1. The lowest BCUT2D eigenvalue weighted by atomic mass is 9.99. The van der Waals surface area contributed by atoms with Crippen molar-refractivity contribution >= 4 is 33.4 Å². The number of hydrogen-bond donors (Lipinski definition) is 1. The van der Waals surface area contributed by atoms with Gasteiger partial charge in [-0.3, -0.25) is 14.5 Å². The molecule has 2 amide bonds. The molecule has 10 heteroatoms. The molecule has 0 saturated carbocycles. The number of nitrogens with zero attached hydrogens (tertiary/aromatic N) is 3. The standard InChI is InChI=1S/C19H27ClN4O4S/c1-14(2)18-19(26)21-7-8-23(18)13-17(25)22-9-11-24(12-10-22)29(27,28)16-6-4-3-5-15(16)20/h3-6,14,18H,7-13H2,1-2H3,(H,21,26). The average molecular weight is 443 g/mol. The van der Waals surface area contributed by atoms with Crippen molar-refractivity contribution in [2.24, 2.45) is 5.92 Å². The number of rotatable bonds is 5. The van der Waals surface area contributed by atoms with E-state index < -0.39 is 10.0 Å². The zero-order valence-corrected chi connectivity index (χ0v) is 18.2. The first-order valence-corrected chi connectivity index (χ1v) is 11.6. The fourth-order valence-electron chi connectivity index (χ4n) is 3.88. The van der Waals surface area contributed by atoms with Crippen LogP contribution in [-0.4, -0.2) is 86.2 Å².